The smallest absolute Gasteiger partial charge is 0.0901 e. The number of hydrogen-bond donors (Lipinski definition) is 2. The Balaban J connectivity index is 1.70. The molecule has 0 aliphatic carbocycles. The van der Waals surface area contributed by atoms with Gasteiger partial charge in [0.05, 0.1) is 5.54 Å². The molecule has 1 aliphatic rings. The van der Waals surface area contributed by atoms with Crippen LogP contribution < -0.4 is 10.6 Å². The highest BCUT2D eigenvalue weighted by atomic mass is 35.5. The number of pyridine rings is 1. The van der Waals surface area contributed by atoms with Crippen LogP contribution in [0.15, 0.2) is 66.9 Å². The van der Waals surface area contributed by atoms with Gasteiger partial charge in [-0.25, -0.2) is 0 Å². The van der Waals surface area contributed by atoms with Gasteiger partial charge in [-0.15, -0.1) is 0 Å². The number of halogens is 2. The van der Waals surface area contributed by atoms with Crippen molar-refractivity contribution in [1.82, 2.24) is 10.3 Å². The molecule has 1 aromatic heterocycles. The molecule has 1 unspecified atom stereocenters. The maximum Gasteiger partial charge on any atom is 0.0901 e. The summed E-state index contributed by atoms with van der Waals surface area (Å²) in [5.74, 6) is 0. The molecule has 26 heavy (non-hydrogen) atoms. The largest absolute Gasteiger partial charge is 0.382 e. The Morgan fingerprint density at radius 1 is 1.00 bits per heavy atom. The lowest BCUT2D eigenvalue weighted by molar-refractivity contribution is 0.439. The number of rotatable bonds is 5. The molecule has 2 N–H and O–H groups in total. The maximum absolute atomic E-state index is 6.58. The summed E-state index contributed by atoms with van der Waals surface area (Å²) in [4.78, 5) is 4.41. The highest BCUT2D eigenvalue weighted by Gasteiger charge is 2.41. The Bertz CT molecular complexity index is 914. The molecular weight excluding hydrogens is 365 g/mol. The first kappa shape index (κ1) is 17.3. The summed E-state index contributed by atoms with van der Waals surface area (Å²) in [5, 5.41) is 8.70. The van der Waals surface area contributed by atoms with Gasteiger partial charge < -0.3 is 10.6 Å². The Morgan fingerprint density at radius 2 is 1.85 bits per heavy atom. The van der Waals surface area contributed by atoms with Crippen molar-refractivity contribution < 1.29 is 0 Å². The van der Waals surface area contributed by atoms with Crippen LogP contribution in [0.25, 0.3) is 0 Å². The van der Waals surface area contributed by atoms with Gasteiger partial charge in [-0.1, -0.05) is 47.5 Å². The average Bonchev–Trinajstić information content (AvgIpc) is 3.02. The fourth-order valence-electron chi connectivity index (χ4n) is 3.60. The van der Waals surface area contributed by atoms with Crippen molar-refractivity contribution in [3.8, 4) is 0 Å². The van der Waals surface area contributed by atoms with E-state index in [0.29, 0.717) is 6.54 Å². The number of anilines is 1. The van der Waals surface area contributed by atoms with Crippen molar-refractivity contribution >= 4 is 28.9 Å². The van der Waals surface area contributed by atoms with Gasteiger partial charge in [0.15, 0.2) is 0 Å². The van der Waals surface area contributed by atoms with Gasteiger partial charge >= 0.3 is 0 Å². The second-order valence-electron chi connectivity index (χ2n) is 6.43. The SMILES string of the molecule is Clc1ccc2c(c1)C(NCCc1ccccn1)(c1ccccc1Cl)CN2. The van der Waals surface area contributed by atoms with E-state index in [1.165, 1.54) is 0 Å². The summed E-state index contributed by atoms with van der Waals surface area (Å²) in [7, 11) is 0. The van der Waals surface area contributed by atoms with Crippen LogP contribution in [0.2, 0.25) is 10.0 Å². The van der Waals surface area contributed by atoms with Crippen LogP contribution >= 0.6 is 23.2 Å². The standard InChI is InChI=1S/C21H19Cl2N3/c22-15-8-9-20-18(13-15)21(14-25-20,17-6-1-2-7-19(17)23)26-12-10-16-5-3-4-11-24-16/h1-9,11,13,25-26H,10,12,14H2. The fourth-order valence-corrected chi connectivity index (χ4v) is 4.07. The van der Waals surface area contributed by atoms with Crippen molar-refractivity contribution in [2.75, 3.05) is 18.4 Å². The zero-order valence-corrected chi connectivity index (χ0v) is 15.7. The van der Waals surface area contributed by atoms with Crippen LogP contribution in [0.3, 0.4) is 0 Å². The van der Waals surface area contributed by atoms with Gasteiger partial charge in [0.25, 0.3) is 0 Å². The Kier molecular flexibility index (Phi) is 4.86. The van der Waals surface area contributed by atoms with E-state index in [0.717, 1.165) is 45.5 Å². The Labute approximate surface area is 163 Å². The van der Waals surface area contributed by atoms with Crippen LogP contribution in [-0.4, -0.2) is 18.1 Å². The number of aromatic nitrogens is 1. The lowest BCUT2D eigenvalue weighted by Gasteiger charge is -2.32. The second-order valence-corrected chi connectivity index (χ2v) is 7.27. The zero-order chi connectivity index (χ0) is 18.0. The van der Waals surface area contributed by atoms with E-state index in [2.05, 4.69) is 21.7 Å². The van der Waals surface area contributed by atoms with Gasteiger partial charge in [-0.2, -0.15) is 0 Å². The molecule has 1 atom stereocenters. The minimum absolute atomic E-state index is 0.423. The van der Waals surface area contributed by atoms with Crippen molar-refractivity contribution in [2.24, 2.45) is 0 Å². The molecule has 2 aromatic carbocycles. The molecule has 2 heterocycles. The van der Waals surface area contributed by atoms with Crippen molar-refractivity contribution in [2.45, 2.75) is 12.0 Å². The van der Waals surface area contributed by atoms with Crippen molar-refractivity contribution in [3.63, 3.8) is 0 Å². The summed E-state index contributed by atoms with van der Waals surface area (Å²) in [6.45, 7) is 1.49. The summed E-state index contributed by atoms with van der Waals surface area (Å²) in [6, 6.07) is 19.9. The van der Waals surface area contributed by atoms with Crippen LogP contribution in [0.1, 0.15) is 16.8 Å². The minimum Gasteiger partial charge on any atom is -0.382 e. The first-order valence-electron chi connectivity index (χ1n) is 8.63. The molecule has 3 aromatic rings. The van der Waals surface area contributed by atoms with Gasteiger partial charge in [0.2, 0.25) is 0 Å². The topological polar surface area (TPSA) is 37.0 Å². The van der Waals surface area contributed by atoms with E-state index in [4.69, 9.17) is 23.2 Å². The molecule has 0 spiro atoms. The van der Waals surface area contributed by atoms with E-state index in [1.54, 1.807) is 0 Å². The van der Waals surface area contributed by atoms with Gasteiger partial charge in [-0.05, 0) is 42.0 Å². The normalized spacial score (nSPS) is 18.4. The molecule has 0 amide bonds. The molecule has 0 bridgehead atoms. The van der Waals surface area contributed by atoms with E-state index in [1.807, 2.05) is 60.8 Å². The summed E-state index contributed by atoms with van der Waals surface area (Å²) < 4.78 is 0. The van der Waals surface area contributed by atoms with Crippen molar-refractivity contribution in [3.05, 3.63) is 93.7 Å². The number of nitrogens with one attached hydrogen (secondary N) is 2. The molecule has 0 saturated carbocycles. The average molecular weight is 384 g/mol. The summed E-state index contributed by atoms with van der Waals surface area (Å²) >= 11 is 12.9. The molecule has 1 aliphatic heterocycles. The maximum atomic E-state index is 6.58. The Morgan fingerprint density at radius 3 is 2.65 bits per heavy atom. The predicted octanol–water partition coefficient (Wildman–Crippen LogP) is 4.89. The lowest BCUT2D eigenvalue weighted by atomic mass is 9.84. The Hall–Kier alpha value is -2.07. The van der Waals surface area contributed by atoms with Crippen LogP contribution in [0, 0.1) is 0 Å². The van der Waals surface area contributed by atoms with Gasteiger partial charge in [0, 0.05) is 52.7 Å². The van der Waals surface area contributed by atoms with Gasteiger partial charge in [-0.3, -0.25) is 4.98 Å². The highest BCUT2D eigenvalue weighted by molar-refractivity contribution is 6.31. The van der Waals surface area contributed by atoms with Crippen LogP contribution in [0.4, 0.5) is 5.69 Å². The van der Waals surface area contributed by atoms with Crippen LogP contribution in [0.5, 0.6) is 0 Å². The fraction of sp³-hybridized carbons (Fsp3) is 0.190. The number of nitrogens with zero attached hydrogens (tertiary/aromatic N) is 1. The molecule has 132 valence electrons. The molecule has 4 rings (SSSR count). The zero-order valence-electron chi connectivity index (χ0n) is 14.2. The van der Waals surface area contributed by atoms with E-state index < -0.39 is 5.54 Å². The van der Waals surface area contributed by atoms with Gasteiger partial charge in [0.1, 0.15) is 0 Å². The summed E-state index contributed by atoms with van der Waals surface area (Å²) in [6.07, 6.45) is 2.66. The first-order chi connectivity index (χ1) is 12.7. The quantitative estimate of drug-likeness (QED) is 0.658. The third kappa shape index (κ3) is 3.18. The second kappa shape index (κ2) is 7.28. The first-order valence-corrected chi connectivity index (χ1v) is 9.38. The minimum atomic E-state index is -0.423. The molecule has 0 fully saturated rings. The molecular formula is C21H19Cl2N3. The number of fused-ring (bicyclic) bond motifs is 1. The molecule has 0 radical (unpaired) electrons. The summed E-state index contributed by atoms with van der Waals surface area (Å²) in [5.41, 5.74) is 3.90. The molecule has 5 heteroatoms. The molecule has 3 nitrogen and oxygen atoms in total. The van der Waals surface area contributed by atoms with Crippen molar-refractivity contribution in [1.29, 1.82) is 0 Å². The third-order valence-electron chi connectivity index (χ3n) is 4.85. The number of hydrogen-bond acceptors (Lipinski definition) is 3. The lowest BCUT2D eigenvalue weighted by Crippen LogP contribution is -2.46. The van der Waals surface area contributed by atoms with E-state index in [9.17, 15) is 0 Å². The monoisotopic (exact) mass is 383 g/mol. The van der Waals surface area contributed by atoms with Crippen LogP contribution in [-0.2, 0) is 12.0 Å². The highest BCUT2D eigenvalue weighted by Crippen LogP contribution is 2.43. The number of benzene rings is 2. The van der Waals surface area contributed by atoms with E-state index >= 15 is 0 Å². The molecule has 0 saturated heterocycles. The third-order valence-corrected chi connectivity index (χ3v) is 5.42. The van der Waals surface area contributed by atoms with E-state index in [-0.39, 0.29) is 0 Å². The predicted molar refractivity (Wildman–Crippen MR) is 108 cm³/mol.